The van der Waals surface area contributed by atoms with Crippen LogP contribution < -0.4 is 5.32 Å². The molecule has 32 heavy (non-hydrogen) atoms. The van der Waals surface area contributed by atoms with Crippen LogP contribution in [0.5, 0.6) is 0 Å². The zero-order chi connectivity index (χ0) is 21.7. The zero-order valence-electron chi connectivity index (χ0n) is 18.4. The summed E-state index contributed by atoms with van der Waals surface area (Å²) in [6.07, 6.45) is 8.28. The number of hydrogen-bond donors (Lipinski definition) is 1. The van der Waals surface area contributed by atoms with Crippen LogP contribution in [0, 0.1) is 6.92 Å². The first-order chi connectivity index (χ1) is 15.6. The number of imidazole rings is 1. The van der Waals surface area contributed by atoms with Crippen LogP contribution in [-0.4, -0.2) is 45.4 Å². The first-order valence-corrected chi connectivity index (χ1v) is 12.5. The molecule has 0 spiro atoms. The lowest BCUT2D eigenvalue weighted by Gasteiger charge is -2.44. The number of aryl methyl sites for hydroxylation is 1. The van der Waals surface area contributed by atoms with E-state index in [1.165, 1.54) is 37.9 Å². The fourth-order valence-corrected chi connectivity index (χ4v) is 6.19. The van der Waals surface area contributed by atoms with Gasteiger partial charge < -0.3 is 10.2 Å². The maximum Gasteiger partial charge on any atom is 0.251 e. The summed E-state index contributed by atoms with van der Waals surface area (Å²) in [5.41, 5.74) is 5.18. The molecule has 1 saturated carbocycles. The lowest BCUT2D eigenvalue weighted by atomic mass is 9.84. The predicted molar refractivity (Wildman–Crippen MR) is 130 cm³/mol. The van der Waals surface area contributed by atoms with Crippen molar-refractivity contribution in [3.8, 4) is 11.3 Å². The van der Waals surface area contributed by atoms with Crippen molar-refractivity contribution < 1.29 is 4.79 Å². The van der Waals surface area contributed by atoms with Crippen LogP contribution in [0.3, 0.4) is 0 Å². The molecule has 3 heterocycles. The van der Waals surface area contributed by atoms with Gasteiger partial charge in [-0.1, -0.05) is 41.5 Å². The molecular formula is C26H28N4OS. The molecule has 4 aromatic rings. The normalized spacial score (nSPS) is 21.7. The Morgan fingerprint density at radius 3 is 2.75 bits per heavy atom. The van der Waals surface area contributed by atoms with E-state index >= 15 is 0 Å². The molecule has 1 N–H and O–H groups in total. The second kappa shape index (κ2) is 8.01. The van der Waals surface area contributed by atoms with Crippen molar-refractivity contribution in [1.82, 2.24) is 19.6 Å². The largest absolute Gasteiger partial charge is 0.349 e. The van der Waals surface area contributed by atoms with Gasteiger partial charge in [0, 0.05) is 29.4 Å². The number of likely N-dealkylation sites (tertiary alicyclic amines) is 1. The first-order valence-electron chi connectivity index (χ1n) is 11.7. The quantitative estimate of drug-likeness (QED) is 0.466. The number of rotatable bonds is 4. The average Bonchev–Trinajstić information content (AvgIpc) is 3.34. The standard InChI is InChI=1S/C26H28N4OS/c1-17-6-5-7-18(12-17)22-16-30-23-9-8-19(13-24(23)32-26(30)28-22)25(31)27-20-14-21(15-20)29-10-3-2-4-11-29/h5-9,12-13,16,20-21H,2-4,10-11,14-15H2,1H3,(H,27,31)/t20-,21-. The SMILES string of the molecule is Cc1cccc(-c2cn3c(n2)sc2cc(C(=O)N[C@H]4C[C@H](N5CCCCC5)C4)ccc23)c1. The minimum absolute atomic E-state index is 0.0421. The summed E-state index contributed by atoms with van der Waals surface area (Å²) in [6, 6.07) is 15.4. The highest BCUT2D eigenvalue weighted by Crippen LogP contribution is 2.31. The Bertz CT molecular complexity index is 1290. The summed E-state index contributed by atoms with van der Waals surface area (Å²) in [7, 11) is 0. The third kappa shape index (κ3) is 3.61. The highest BCUT2D eigenvalue weighted by Gasteiger charge is 2.35. The molecule has 0 radical (unpaired) electrons. The molecule has 6 heteroatoms. The van der Waals surface area contributed by atoms with E-state index < -0.39 is 0 Å². The van der Waals surface area contributed by atoms with Gasteiger partial charge in [0.2, 0.25) is 0 Å². The summed E-state index contributed by atoms with van der Waals surface area (Å²) < 4.78 is 3.23. The first kappa shape index (κ1) is 19.9. The minimum atomic E-state index is 0.0421. The summed E-state index contributed by atoms with van der Waals surface area (Å²) in [5.74, 6) is 0.0421. The molecule has 2 fully saturated rings. The Labute approximate surface area is 192 Å². The maximum absolute atomic E-state index is 12.9. The Morgan fingerprint density at radius 1 is 1.09 bits per heavy atom. The van der Waals surface area contributed by atoms with Crippen molar-refractivity contribution in [3.05, 3.63) is 59.8 Å². The van der Waals surface area contributed by atoms with Gasteiger partial charge in [0.15, 0.2) is 4.96 Å². The van der Waals surface area contributed by atoms with Gasteiger partial charge in [0.25, 0.3) is 5.91 Å². The summed E-state index contributed by atoms with van der Waals surface area (Å²) in [5, 5.41) is 3.25. The van der Waals surface area contributed by atoms with Crippen molar-refractivity contribution in [1.29, 1.82) is 0 Å². The number of fused-ring (bicyclic) bond motifs is 3. The lowest BCUT2D eigenvalue weighted by molar-refractivity contribution is 0.0677. The number of carbonyl (C=O) groups is 1. The molecule has 6 rings (SSSR count). The number of aromatic nitrogens is 2. The number of amides is 1. The van der Waals surface area contributed by atoms with Crippen LogP contribution in [0.25, 0.3) is 26.4 Å². The second-order valence-corrected chi connectivity index (χ2v) is 10.3. The Kier molecular flexibility index (Phi) is 5.00. The van der Waals surface area contributed by atoms with Crippen molar-refractivity contribution in [2.45, 2.75) is 51.1 Å². The molecule has 0 unspecified atom stereocenters. The van der Waals surface area contributed by atoms with Crippen LogP contribution in [0.2, 0.25) is 0 Å². The Hall–Kier alpha value is -2.70. The Morgan fingerprint density at radius 2 is 1.94 bits per heavy atom. The van der Waals surface area contributed by atoms with Gasteiger partial charge in [-0.2, -0.15) is 0 Å². The third-order valence-electron chi connectivity index (χ3n) is 7.03. The predicted octanol–water partition coefficient (Wildman–Crippen LogP) is 5.27. The van der Waals surface area contributed by atoms with E-state index in [1.54, 1.807) is 11.3 Å². The zero-order valence-corrected chi connectivity index (χ0v) is 19.2. The number of nitrogens with zero attached hydrogens (tertiary/aromatic N) is 3. The van der Waals surface area contributed by atoms with E-state index in [2.05, 4.69) is 52.0 Å². The number of carbonyl (C=O) groups excluding carboxylic acids is 1. The topological polar surface area (TPSA) is 49.6 Å². The van der Waals surface area contributed by atoms with Gasteiger partial charge in [-0.15, -0.1) is 0 Å². The monoisotopic (exact) mass is 444 g/mol. The summed E-state index contributed by atoms with van der Waals surface area (Å²) >= 11 is 1.64. The molecule has 1 aliphatic carbocycles. The van der Waals surface area contributed by atoms with Crippen molar-refractivity contribution >= 4 is 32.4 Å². The van der Waals surface area contributed by atoms with E-state index in [0.29, 0.717) is 12.1 Å². The minimum Gasteiger partial charge on any atom is -0.349 e. The van der Waals surface area contributed by atoms with Crippen LogP contribution in [0.4, 0.5) is 0 Å². The number of piperidine rings is 1. The fraction of sp³-hybridized carbons (Fsp3) is 0.385. The smallest absolute Gasteiger partial charge is 0.251 e. The molecule has 1 aliphatic heterocycles. The van der Waals surface area contributed by atoms with E-state index in [1.807, 2.05) is 18.2 Å². The van der Waals surface area contributed by atoms with Gasteiger partial charge in [-0.05, 0) is 70.0 Å². The fourth-order valence-electron chi connectivity index (χ4n) is 5.14. The Balaban J connectivity index is 1.17. The molecular weight excluding hydrogens is 416 g/mol. The van der Waals surface area contributed by atoms with Crippen LogP contribution in [0.15, 0.2) is 48.7 Å². The van der Waals surface area contributed by atoms with Gasteiger partial charge in [0.1, 0.15) is 0 Å². The molecule has 1 amide bonds. The van der Waals surface area contributed by atoms with Crippen LogP contribution >= 0.6 is 11.3 Å². The molecule has 1 saturated heterocycles. The van der Waals surface area contributed by atoms with Crippen molar-refractivity contribution in [2.24, 2.45) is 0 Å². The summed E-state index contributed by atoms with van der Waals surface area (Å²) in [6.45, 7) is 4.56. The van der Waals surface area contributed by atoms with Gasteiger partial charge in [0.05, 0.1) is 15.9 Å². The summed E-state index contributed by atoms with van der Waals surface area (Å²) in [4.78, 5) is 21.3. The lowest BCUT2D eigenvalue weighted by Crippen LogP contribution is -2.54. The number of benzene rings is 2. The molecule has 2 aromatic carbocycles. The van der Waals surface area contributed by atoms with Gasteiger partial charge in [-0.3, -0.25) is 9.20 Å². The number of thiazole rings is 1. The van der Waals surface area contributed by atoms with Crippen LogP contribution in [0.1, 0.15) is 48.0 Å². The molecule has 0 atom stereocenters. The third-order valence-corrected chi connectivity index (χ3v) is 8.04. The molecule has 164 valence electrons. The van der Waals surface area contributed by atoms with E-state index in [9.17, 15) is 4.79 Å². The van der Waals surface area contributed by atoms with Crippen LogP contribution in [-0.2, 0) is 0 Å². The number of hydrogen-bond acceptors (Lipinski definition) is 4. The van der Waals surface area contributed by atoms with Crippen molar-refractivity contribution in [3.63, 3.8) is 0 Å². The van der Waals surface area contributed by atoms with Crippen molar-refractivity contribution in [2.75, 3.05) is 13.1 Å². The maximum atomic E-state index is 12.9. The van der Waals surface area contributed by atoms with E-state index in [0.717, 1.165) is 44.8 Å². The molecule has 0 bridgehead atoms. The van der Waals surface area contributed by atoms with Gasteiger partial charge >= 0.3 is 0 Å². The highest BCUT2D eigenvalue weighted by molar-refractivity contribution is 7.23. The van der Waals surface area contributed by atoms with E-state index in [4.69, 9.17) is 4.98 Å². The second-order valence-electron chi connectivity index (χ2n) is 9.33. The highest BCUT2D eigenvalue weighted by atomic mass is 32.1. The van der Waals surface area contributed by atoms with E-state index in [-0.39, 0.29) is 5.91 Å². The molecule has 2 aromatic heterocycles. The number of nitrogens with one attached hydrogen (secondary N) is 1. The average molecular weight is 445 g/mol. The van der Waals surface area contributed by atoms with Gasteiger partial charge in [-0.25, -0.2) is 4.98 Å². The molecule has 2 aliphatic rings. The molecule has 5 nitrogen and oxygen atoms in total.